The number of rotatable bonds is 5. The molecule has 1 saturated heterocycles. The number of nitrogens with zero attached hydrogens (tertiary/aromatic N) is 2. The Labute approximate surface area is 156 Å². The topological polar surface area (TPSA) is 127 Å². The fourth-order valence-electron chi connectivity index (χ4n) is 2.63. The van der Waals surface area contributed by atoms with Crippen LogP contribution in [-0.4, -0.2) is 54.9 Å². The predicted octanol–water partition coefficient (Wildman–Crippen LogP) is 0.924. The summed E-state index contributed by atoms with van der Waals surface area (Å²) in [4.78, 5) is 31.7. The van der Waals surface area contributed by atoms with E-state index in [1.54, 1.807) is 24.3 Å². The highest BCUT2D eigenvalue weighted by molar-refractivity contribution is 7.91. The van der Waals surface area contributed by atoms with Gasteiger partial charge in [-0.25, -0.2) is 23.2 Å². The Bertz CT molecular complexity index is 942. The van der Waals surface area contributed by atoms with Crippen LogP contribution in [0, 0.1) is 0 Å². The molecule has 0 radical (unpaired) electrons. The molecule has 2 aromatic rings. The van der Waals surface area contributed by atoms with E-state index in [-0.39, 0.29) is 17.2 Å². The Kier molecular flexibility index (Phi) is 5.36. The van der Waals surface area contributed by atoms with Gasteiger partial charge in [-0.2, -0.15) is 0 Å². The molecule has 1 aliphatic rings. The Balaban J connectivity index is 1.60. The van der Waals surface area contributed by atoms with Crippen molar-refractivity contribution >= 4 is 33.2 Å². The summed E-state index contributed by atoms with van der Waals surface area (Å²) in [5.74, 6) is -0.430. The van der Waals surface area contributed by atoms with Crippen molar-refractivity contribution in [2.24, 2.45) is 0 Å². The number of carbonyl (C=O) groups excluding carboxylic acids is 2. The van der Waals surface area contributed by atoms with E-state index in [2.05, 4.69) is 25.3 Å². The highest BCUT2D eigenvalue weighted by Crippen LogP contribution is 2.16. The van der Waals surface area contributed by atoms with Gasteiger partial charge in [-0.15, -0.1) is 0 Å². The maximum atomic E-state index is 12.1. The smallest absolute Gasteiger partial charge is 0.337 e. The van der Waals surface area contributed by atoms with Crippen LogP contribution < -0.4 is 10.6 Å². The summed E-state index contributed by atoms with van der Waals surface area (Å²) in [6, 6.07) is 6.21. The number of ether oxygens (including phenoxy) is 1. The van der Waals surface area contributed by atoms with E-state index in [1.807, 2.05) is 0 Å². The number of esters is 1. The summed E-state index contributed by atoms with van der Waals surface area (Å²) in [5, 5.41) is 5.66. The molecule has 1 aliphatic heterocycles. The third-order valence-electron chi connectivity index (χ3n) is 4.03. The van der Waals surface area contributed by atoms with Gasteiger partial charge in [0, 0.05) is 11.7 Å². The Morgan fingerprint density at radius 3 is 2.44 bits per heavy atom. The van der Waals surface area contributed by atoms with Crippen LogP contribution in [0.5, 0.6) is 0 Å². The van der Waals surface area contributed by atoms with Gasteiger partial charge >= 0.3 is 5.97 Å². The van der Waals surface area contributed by atoms with Crippen molar-refractivity contribution in [1.29, 1.82) is 0 Å². The number of benzene rings is 1. The van der Waals surface area contributed by atoms with Gasteiger partial charge in [-0.1, -0.05) is 0 Å². The molecule has 1 aromatic carbocycles. The summed E-state index contributed by atoms with van der Waals surface area (Å²) >= 11 is 0. The van der Waals surface area contributed by atoms with Gasteiger partial charge in [-0.05, 0) is 30.7 Å². The van der Waals surface area contributed by atoms with E-state index in [4.69, 9.17) is 0 Å². The lowest BCUT2D eigenvalue weighted by Gasteiger charge is -2.10. The van der Waals surface area contributed by atoms with Crippen LogP contribution >= 0.6 is 0 Å². The van der Waals surface area contributed by atoms with E-state index in [0.717, 1.165) is 0 Å². The standard InChI is InChI=1S/C17H18N4O5S/c1-26-17(23)11-2-4-12(5-3-11)20-15-9-18-14(8-19-15)16(22)21-13-6-7-27(24,25)10-13/h2-5,8-9,13H,6-7,10H2,1H3,(H,19,20)(H,21,22). The van der Waals surface area contributed by atoms with Gasteiger partial charge in [0.05, 0.1) is 36.6 Å². The summed E-state index contributed by atoms with van der Waals surface area (Å²) in [7, 11) is -1.75. The van der Waals surface area contributed by atoms with E-state index in [1.165, 1.54) is 19.5 Å². The maximum Gasteiger partial charge on any atom is 0.337 e. The number of aromatic nitrogens is 2. The molecule has 1 unspecified atom stereocenters. The van der Waals surface area contributed by atoms with Crippen LogP contribution in [0.1, 0.15) is 27.3 Å². The number of carbonyl (C=O) groups is 2. The third-order valence-corrected chi connectivity index (χ3v) is 5.80. The molecule has 1 amide bonds. The highest BCUT2D eigenvalue weighted by atomic mass is 32.2. The Morgan fingerprint density at radius 2 is 1.89 bits per heavy atom. The lowest BCUT2D eigenvalue weighted by atomic mass is 10.2. The number of hydrogen-bond donors (Lipinski definition) is 2. The lowest BCUT2D eigenvalue weighted by molar-refractivity contribution is 0.0600. The molecule has 142 valence electrons. The first-order valence-corrected chi connectivity index (χ1v) is 9.97. The van der Waals surface area contributed by atoms with Gasteiger partial charge in [0.2, 0.25) is 0 Å². The average molecular weight is 390 g/mol. The molecule has 1 atom stereocenters. The molecule has 2 heterocycles. The fourth-order valence-corrected chi connectivity index (χ4v) is 4.31. The van der Waals surface area contributed by atoms with Crippen LogP contribution in [0.3, 0.4) is 0 Å². The minimum atomic E-state index is -3.06. The molecule has 1 fully saturated rings. The van der Waals surface area contributed by atoms with Crippen molar-refractivity contribution in [3.63, 3.8) is 0 Å². The van der Waals surface area contributed by atoms with Crippen molar-refractivity contribution < 1.29 is 22.7 Å². The minimum absolute atomic E-state index is 0.0482. The third kappa shape index (κ3) is 4.79. The monoisotopic (exact) mass is 390 g/mol. The largest absolute Gasteiger partial charge is 0.465 e. The van der Waals surface area contributed by atoms with Gasteiger partial charge in [0.15, 0.2) is 9.84 Å². The zero-order chi connectivity index (χ0) is 19.4. The first kappa shape index (κ1) is 18.8. The Morgan fingerprint density at radius 1 is 1.15 bits per heavy atom. The molecule has 0 aliphatic carbocycles. The van der Waals surface area contributed by atoms with Crippen molar-refractivity contribution in [3.05, 3.63) is 47.9 Å². The second-order valence-corrected chi connectivity index (χ2v) is 8.28. The zero-order valence-electron chi connectivity index (χ0n) is 14.5. The molecular formula is C17H18N4O5S. The first-order valence-electron chi connectivity index (χ1n) is 8.15. The number of hydrogen-bond acceptors (Lipinski definition) is 8. The number of amides is 1. The van der Waals surface area contributed by atoms with E-state index >= 15 is 0 Å². The second-order valence-electron chi connectivity index (χ2n) is 6.05. The zero-order valence-corrected chi connectivity index (χ0v) is 15.3. The first-order chi connectivity index (χ1) is 12.9. The number of methoxy groups -OCH3 is 1. The van der Waals surface area contributed by atoms with Crippen molar-refractivity contribution in [2.75, 3.05) is 23.9 Å². The molecular weight excluding hydrogens is 372 g/mol. The van der Waals surface area contributed by atoms with E-state index in [0.29, 0.717) is 23.5 Å². The van der Waals surface area contributed by atoms with Crippen molar-refractivity contribution in [2.45, 2.75) is 12.5 Å². The Hall–Kier alpha value is -3.01. The maximum absolute atomic E-state index is 12.1. The fraction of sp³-hybridized carbons (Fsp3) is 0.294. The summed E-state index contributed by atoms with van der Waals surface area (Å²) in [6.45, 7) is 0. The van der Waals surface area contributed by atoms with Crippen LogP contribution in [-0.2, 0) is 14.6 Å². The van der Waals surface area contributed by atoms with Gasteiger partial charge in [0.1, 0.15) is 11.5 Å². The quantitative estimate of drug-likeness (QED) is 0.722. The number of nitrogens with one attached hydrogen (secondary N) is 2. The molecule has 27 heavy (non-hydrogen) atoms. The molecule has 1 aromatic heterocycles. The van der Waals surface area contributed by atoms with E-state index in [9.17, 15) is 18.0 Å². The van der Waals surface area contributed by atoms with Crippen LogP contribution in [0.15, 0.2) is 36.7 Å². The van der Waals surface area contributed by atoms with E-state index < -0.39 is 27.8 Å². The SMILES string of the molecule is COC(=O)c1ccc(Nc2cnc(C(=O)NC3CCS(=O)(=O)C3)cn2)cc1. The van der Waals surface area contributed by atoms with Gasteiger partial charge in [-0.3, -0.25) is 4.79 Å². The predicted molar refractivity (Wildman–Crippen MR) is 97.6 cm³/mol. The van der Waals surface area contributed by atoms with Crippen LogP contribution in [0.4, 0.5) is 11.5 Å². The molecule has 9 nitrogen and oxygen atoms in total. The summed E-state index contributed by atoms with van der Waals surface area (Å²) < 4.78 is 27.5. The van der Waals surface area contributed by atoms with Gasteiger partial charge < -0.3 is 15.4 Å². The van der Waals surface area contributed by atoms with Crippen molar-refractivity contribution in [1.82, 2.24) is 15.3 Å². The molecule has 0 spiro atoms. The summed E-state index contributed by atoms with van der Waals surface area (Å²) in [5.41, 5.74) is 1.21. The molecule has 2 N–H and O–H groups in total. The van der Waals surface area contributed by atoms with Crippen LogP contribution in [0.2, 0.25) is 0 Å². The normalized spacial score (nSPS) is 17.9. The molecule has 10 heteroatoms. The number of sulfone groups is 1. The minimum Gasteiger partial charge on any atom is -0.465 e. The van der Waals surface area contributed by atoms with Crippen molar-refractivity contribution in [3.8, 4) is 0 Å². The summed E-state index contributed by atoms with van der Waals surface area (Å²) in [6.07, 6.45) is 3.11. The molecule has 0 saturated carbocycles. The van der Waals surface area contributed by atoms with Crippen LogP contribution in [0.25, 0.3) is 0 Å². The lowest BCUT2D eigenvalue weighted by Crippen LogP contribution is -2.36. The number of anilines is 2. The molecule has 0 bridgehead atoms. The average Bonchev–Trinajstić information content (AvgIpc) is 3.00. The molecule has 3 rings (SSSR count). The van der Waals surface area contributed by atoms with Gasteiger partial charge in [0.25, 0.3) is 5.91 Å². The second kappa shape index (κ2) is 7.70. The highest BCUT2D eigenvalue weighted by Gasteiger charge is 2.29.